The lowest BCUT2D eigenvalue weighted by atomic mass is 10.1. The number of hydrogen-bond acceptors (Lipinski definition) is 4. The Kier molecular flexibility index (Phi) is 3.88. The van der Waals surface area contributed by atoms with Crippen molar-refractivity contribution in [3.8, 4) is 0 Å². The van der Waals surface area contributed by atoms with Crippen molar-refractivity contribution in [3.05, 3.63) is 70.9 Å². The normalized spacial score (nSPS) is 13.0. The van der Waals surface area contributed by atoms with Crippen LogP contribution in [0.2, 0.25) is 0 Å². The first kappa shape index (κ1) is 15.6. The summed E-state index contributed by atoms with van der Waals surface area (Å²) in [6.45, 7) is 7.14. The van der Waals surface area contributed by atoms with Gasteiger partial charge in [0.1, 0.15) is 5.82 Å². The van der Waals surface area contributed by atoms with E-state index < -0.39 is 0 Å². The number of anilines is 4. The second-order valence-corrected chi connectivity index (χ2v) is 6.67. The number of aromatic nitrogens is 2. The molecular weight excluding hydrogens is 308 g/mol. The molecule has 1 aliphatic heterocycles. The fraction of sp³-hybridized carbons (Fsp3) is 0.238. The van der Waals surface area contributed by atoms with Crippen molar-refractivity contribution in [1.29, 1.82) is 0 Å². The van der Waals surface area contributed by atoms with Gasteiger partial charge in [0.2, 0.25) is 5.95 Å². The molecule has 0 radical (unpaired) electrons. The number of nitrogens with zero attached hydrogens (tertiary/aromatic N) is 3. The highest BCUT2D eigenvalue weighted by Crippen LogP contribution is 2.33. The number of rotatable bonds is 3. The van der Waals surface area contributed by atoms with Crippen molar-refractivity contribution in [2.24, 2.45) is 0 Å². The SMILES string of the molecule is Cc1ccc(C)c(Nc2cc(C)nc(N3CCc4ccccc43)n2)c1. The van der Waals surface area contributed by atoms with Crippen LogP contribution in [0.1, 0.15) is 22.4 Å². The minimum Gasteiger partial charge on any atom is -0.340 e. The van der Waals surface area contributed by atoms with Gasteiger partial charge in [-0.2, -0.15) is 4.98 Å². The van der Waals surface area contributed by atoms with Gasteiger partial charge in [-0.1, -0.05) is 30.3 Å². The Morgan fingerprint density at radius 1 is 0.960 bits per heavy atom. The van der Waals surface area contributed by atoms with E-state index in [-0.39, 0.29) is 0 Å². The summed E-state index contributed by atoms with van der Waals surface area (Å²) < 4.78 is 0. The molecule has 0 saturated carbocycles. The smallest absolute Gasteiger partial charge is 0.232 e. The number of hydrogen-bond donors (Lipinski definition) is 1. The van der Waals surface area contributed by atoms with Crippen LogP contribution >= 0.6 is 0 Å². The highest BCUT2D eigenvalue weighted by atomic mass is 15.3. The zero-order valence-corrected chi connectivity index (χ0v) is 14.9. The van der Waals surface area contributed by atoms with E-state index in [1.807, 2.05) is 13.0 Å². The van der Waals surface area contributed by atoms with Crippen LogP contribution in [0.4, 0.5) is 23.1 Å². The maximum absolute atomic E-state index is 4.78. The van der Waals surface area contributed by atoms with Crippen LogP contribution in [0.15, 0.2) is 48.5 Å². The van der Waals surface area contributed by atoms with Gasteiger partial charge in [-0.25, -0.2) is 4.98 Å². The first-order chi connectivity index (χ1) is 12.1. The molecule has 4 nitrogen and oxygen atoms in total. The molecule has 4 heteroatoms. The van der Waals surface area contributed by atoms with E-state index in [1.165, 1.54) is 22.4 Å². The van der Waals surface area contributed by atoms with Crippen LogP contribution in [-0.2, 0) is 6.42 Å². The highest BCUT2D eigenvalue weighted by Gasteiger charge is 2.22. The molecule has 3 aromatic rings. The number of aryl methyl sites for hydroxylation is 3. The maximum Gasteiger partial charge on any atom is 0.232 e. The van der Waals surface area contributed by atoms with Crippen molar-refractivity contribution in [2.75, 3.05) is 16.8 Å². The van der Waals surface area contributed by atoms with Crippen LogP contribution in [0.3, 0.4) is 0 Å². The van der Waals surface area contributed by atoms with Crippen LogP contribution in [0.25, 0.3) is 0 Å². The second-order valence-electron chi connectivity index (χ2n) is 6.67. The minimum atomic E-state index is 0.762. The molecule has 1 aromatic heterocycles. The van der Waals surface area contributed by atoms with Crippen molar-refractivity contribution < 1.29 is 0 Å². The summed E-state index contributed by atoms with van der Waals surface area (Å²) in [5.41, 5.74) is 7.05. The van der Waals surface area contributed by atoms with Gasteiger partial charge in [0, 0.05) is 29.7 Å². The van der Waals surface area contributed by atoms with Crippen LogP contribution in [0.5, 0.6) is 0 Å². The van der Waals surface area contributed by atoms with Crippen LogP contribution in [-0.4, -0.2) is 16.5 Å². The molecule has 1 aliphatic rings. The molecular formula is C21H22N4. The highest BCUT2D eigenvalue weighted by molar-refractivity contribution is 5.68. The van der Waals surface area contributed by atoms with E-state index >= 15 is 0 Å². The van der Waals surface area contributed by atoms with Crippen LogP contribution < -0.4 is 10.2 Å². The molecule has 0 aliphatic carbocycles. The summed E-state index contributed by atoms with van der Waals surface area (Å²) in [5, 5.41) is 3.46. The standard InChI is InChI=1S/C21H22N4/c1-14-8-9-15(2)18(12-14)23-20-13-16(3)22-21(24-20)25-11-10-17-6-4-5-7-19(17)25/h4-9,12-13H,10-11H2,1-3H3,(H,22,23,24). The van der Waals surface area contributed by atoms with E-state index in [4.69, 9.17) is 4.98 Å². The summed E-state index contributed by atoms with van der Waals surface area (Å²) >= 11 is 0. The molecule has 4 rings (SSSR count). The lowest BCUT2D eigenvalue weighted by Crippen LogP contribution is -2.17. The third kappa shape index (κ3) is 3.07. The van der Waals surface area contributed by atoms with E-state index in [9.17, 15) is 0 Å². The third-order valence-electron chi connectivity index (χ3n) is 4.63. The Labute approximate surface area is 148 Å². The Hall–Kier alpha value is -2.88. The topological polar surface area (TPSA) is 41.1 Å². The fourth-order valence-electron chi connectivity index (χ4n) is 3.29. The Balaban J connectivity index is 1.69. The van der Waals surface area contributed by atoms with E-state index in [2.05, 4.69) is 71.5 Å². The molecule has 0 saturated heterocycles. The first-order valence-electron chi connectivity index (χ1n) is 8.65. The van der Waals surface area contributed by atoms with Crippen LogP contribution in [0, 0.1) is 20.8 Å². The Bertz CT molecular complexity index is 933. The average molecular weight is 330 g/mol. The quantitative estimate of drug-likeness (QED) is 0.746. The molecule has 126 valence electrons. The van der Waals surface area contributed by atoms with E-state index in [0.29, 0.717) is 0 Å². The van der Waals surface area contributed by atoms with Gasteiger partial charge in [0.05, 0.1) is 0 Å². The lowest BCUT2D eigenvalue weighted by Gasteiger charge is -2.19. The van der Waals surface area contributed by atoms with Gasteiger partial charge in [-0.15, -0.1) is 0 Å². The maximum atomic E-state index is 4.78. The minimum absolute atomic E-state index is 0.762. The monoisotopic (exact) mass is 330 g/mol. The van der Waals surface area contributed by atoms with Crippen molar-refractivity contribution >= 4 is 23.1 Å². The number of benzene rings is 2. The zero-order valence-electron chi connectivity index (χ0n) is 14.9. The average Bonchev–Trinajstić information content (AvgIpc) is 3.02. The van der Waals surface area contributed by atoms with Gasteiger partial charge in [0.25, 0.3) is 0 Å². The molecule has 1 N–H and O–H groups in total. The molecule has 2 aromatic carbocycles. The van der Waals surface area contributed by atoms with Gasteiger partial charge in [0.15, 0.2) is 0 Å². The third-order valence-corrected chi connectivity index (χ3v) is 4.63. The largest absolute Gasteiger partial charge is 0.340 e. The zero-order chi connectivity index (χ0) is 17.4. The number of nitrogens with one attached hydrogen (secondary N) is 1. The van der Waals surface area contributed by atoms with Crippen molar-refractivity contribution in [2.45, 2.75) is 27.2 Å². The van der Waals surface area contributed by atoms with E-state index in [1.54, 1.807) is 0 Å². The molecule has 0 bridgehead atoms. The summed E-state index contributed by atoms with van der Waals surface area (Å²) in [4.78, 5) is 11.7. The van der Waals surface area contributed by atoms with Crippen molar-refractivity contribution in [3.63, 3.8) is 0 Å². The molecule has 0 spiro atoms. The van der Waals surface area contributed by atoms with E-state index in [0.717, 1.165) is 36.1 Å². The van der Waals surface area contributed by atoms with Gasteiger partial charge >= 0.3 is 0 Å². The fourth-order valence-corrected chi connectivity index (χ4v) is 3.29. The summed E-state index contributed by atoms with van der Waals surface area (Å²) in [6, 6.07) is 16.9. The molecule has 2 heterocycles. The Morgan fingerprint density at radius 3 is 2.68 bits per heavy atom. The molecule has 0 fully saturated rings. The summed E-state index contributed by atoms with van der Waals surface area (Å²) in [6.07, 6.45) is 1.03. The Morgan fingerprint density at radius 2 is 1.80 bits per heavy atom. The molecule has 0 amide bonds. The van der Waals surface area contributed by atoms with Gasteiger partial charge < -0.3 is 10.2 Å². The van der Waals surface area contributed by atoms with Crippen molar-refractivity contribution in [1.82, 2.24) is 9.97 Å². The van der Waals surface area contributed by atoms with Gasteiger partial charge in [-0.05, 0) is 56.0 Å². The van der Waals surface area contributed by atoms with Gasteiger partial charge in [-0.3, -0.25) is 0 Å². The predicted molar refractivity (Wildman–Crippen MR) is 103 cm³/mol. The lowest BCUT2D eigenvalue weighted by molar-refractivity contribution is 0.931. The number of fused-ring (bicyclic) bond motifs is 1. The molecule has 25 heavy (non-hydrogen) atoms. The molecule has 0 atom stereocenters. The second kappa shape index (κ2) is 6.20. The number of para-hydroxylation sites is 1. The summed E-state index contributed by atoms with van der Waals surface area (Å²) in [7, 11) is 0. The summed E-state index contributed by atoms with van der Waals surface area (Å²) in [5.74, 6) is 1.60. The first-order valence-corrected chi connectivity index (χ1v) is 8.65. The predicted octanol–water partition coefficient (Wildman–Crippen LogP) is 4.84. The molecule has 0 unspecified atom stereocenters.